The first-order valence-electron chi connectivity index (χ1n) is 9.08. The van der Waals surface area contributed by atoms with Crippen molar-refractivity contribution in [3.8, 4) is 0 Å². The van der Waals surface area contributed by atoms with Crippen LogP contribution in [0.4, 0.5) is 5.69 Å². The van der Waals surface area contributed by atoms with Gasteiger partial charge in [-0.3, -0.25) is 9.69 Å². The van der Waals surface area contributed by atoms with Crippen LogP contribution >= 0.6 is 11.6 Å². The van der Waals surface area contributed by atoms with E-state index in [1.54, 1.807) is 0 Å². The number of anilines is 1. The number of carboxylic acids is 1. The molecule has 0 saturated carbocycles. The second-order valence-corrected chi connectivity index (χ2v) is 7.28. The van der Waals surface area contributed by atoms with E-state index in [1.165, 1.54) is 0 Å². The largest absolute Gasteiger partial charge is 0.480 e. The lowest BCUT2D eigenvalue weighted by Gasteiger charge is -2.39. The minimum absolute atomic E-state index is 0.623. The summed E-state index contributed by atoms with van der Waals surface area (Å²) in [6.45, 7) is 2.98. The smallest absolute Gasteiger partial charge is 0.325 e. The number of nitrogens with zero attached hydrogens (tertiary/aromatic N) is 2. The SMILES string of the molecule is O=C(O)[C@@H](c1ccc2ccccc2c1)N1CCN(c2ccc(Cl)cc2)CC1. The molecule has 0 amide bonds. The van der Waals surface area contributed by atoms with Crippen LogP contribution in [0.5, 0.6) is 0 Å². The maximum Gasteiger partial charge on any atom is 0.325 e. The highest BCUT2D eigenvalue weighted by molar-refractivity contribution is 6.30. The Kier molecular flexibility index (Phi) is 5.01. The summed E-state index contributed by atoms with van der Waals surface area (Å²) in [7, 11) is 0. The number of carboxylic acid groups (broad SMARTS) is 1. The molecular weight excluding hydrogens is 360 g/mol. The van der Waals surface area contributed by atoms with Crippen molar-refractivity contribution in [1.82, 2.24) is 4.90 Å². The number of rotatable bonds is 4. The van der Waals surface area contributed by atoms with Crippen LogP contribution in [0.1, 0.15) is 11.6 Å². The summed E-state index contributed by atoms with van der Waals surface area (Å²) in [6.07, 6.45) is 0. The summed E-state index contributed by atoms with van der Waals surface area (Å²) in [5.41, 5.74) is 1.96. The Labute approximate surface area is 163 Å². The highest BCUT2D eigenvalue weighted by Gasteiger charge is 2.30. The van der Waals surface area contributed by atoms with Crippen molar-refractivity contribution in [2.24, 2.45) is 0 Å². The summed E-state index contributed by atoms with van der Waals surface area (Å²) in [5, 5.41) is 12.8. The maximum absolute atomic E-state index is 12.1. The van der Waals surface area contributed by atoms with E-state index >= 15 is 0 Å². The molecule has 1 atom stereocenters. The van der Waals surface area contributed by atoms with Crippen molar-refractivity contribution in [2.45, 2.75) is 6.04 Å². The van der Waals surface area contributed by atoms with Gasteiger partial charge in [0.1, 0.15) is 6.04 Å². The Bertz CT molecular complexity index is 950. The van der Waals surface area contributed by atoms with Gasteiger partial charge in [-0.15, -0.1) is 0 Å². The molecule has 0 unspecified atom stereocenters. The fraction of sp³-hybridized carbons (Fsp3) is 0.227. The molecule has 1 N–H and O–H groups in total. The molecule has 1 aliphatic rings. The predicted octanol–water partition coefficient (Wildman–Crippen LogP) is 4.44. The molecule has 4 nitrogen and oxygen atoms in total. The number of aliphatic carboxylic acids is 1. The summed E-state index contributed by atoms with van der Waals surface area (Å²) >= 11 is 5.97. The van der Waals surface area contributed by atoms with Crippen LogP contribution in [0, 0.1) is 0 Å². The molecule has 0 aromatic heterocycles. The third kappa shape index (κ3) is 3.77. The molecule has 4 rings (SSSR count). The molecule has 0 aliphatic carbocycles. The molecular formula is C22H21ClN2O2. The van der Waals surface area contributed by atoms with Crippen LogP contribution in [0.2, 0.25) is 5.02 Å². The number of hydrogen-bond acceptors (Lipinski definition) is 3. The van der Waals surface area contributed by atoms with E-state index < -0.39 is 12.0 Å². The van der Waals surface area contributed by atoms with Gasteiger partial charge >= 0.3 is 5.97 Å². The molecule has 1 fully saturated rings. The molecule has 0 spiro atoms. The zero-order chi connectivity index (χ0) is 18.8. The van der Waals surface area contributed by atoms with Gasteiger partial charge < -0.3 is 10.0 Å². The van der Waals surface area contributed by atoms with Crippen LogP contribution in [-0.4, -0.2) is 42.2 Å². The second-order valence-electron chi connectivity index (χ2n) is 6.85. The van der Waals surface area contributed by atoms with Gasteiger partial charge in [-0.25, -0.2) is 0 Å². The van der Waals surface area contributed by atoms with Crippen molar-refractivity contribution in [2.75, 3.05) is 31.1 Å². The Balaban J connectivity index is 1.53. The van der Waals surface area contributed by atoms with Crippen molar-refractivity contribution in [3.63, 3.8) is 0 Å². The second kappa shape index (κ2) is 7.59. The van der Waals surface area contributed by atoms with Crippen LogP contribution in [0.3, 0.4) is 0 Å². The number of fused-ring (bicyclic) bond motifs is 1. The van der Waals surface area contributed by atoms with Crippen molar-refractivity contribution in [1.29, 1.82) is 0 Å². The molecule has 27 heavy (non-hydrogen) atoms. The minimum Gasteiger partial charge on any atom is -0.480 e. The molecule has 5 heteroatoms. The van der Waals surface area contributed by atoms with Gasteiger partial charge in [0.25, 0.3) is 0 Å². The summed E-state index contributed by atoms with van der Waals surface area (Å²) in [4.78, 5) is 16.4. The van der Waals surface area contributed by atoms with E-state index in [9.17, 15) is 9.90 Å². The molecule has 3 aromatic rings. The fourth-order valence-corrected chi connectivity index (χ4v) is 3.90. The van der Waals surface area contributed by atoms with Gasteiger partial charge in [-0.05, 0) is 46.7 Å². The van der Waals surface area contributed by atoms with Gasteiger partial charge in [-0.1, -0.05) is 48.0 Å². The highest BCUT2D eigenvalue weighted by atomic mass is 35.5. The summed E-state index contributed by atoms with van der Waals surface area (Å²) in [6, 6.07) is 21.1. The van der Waals surface area contributed by atoms with E-state index in [0.717, 1.165) is 40.1 Å². The van der Waals surface area contributed by atoms with Crippen LogP contribution in [-0.2, 0) is 4.79 Å². The monoisotopic (exact) mass is 380 g/mol. The number of benzene rings is 3. The molecule has 3 aromatic carbocycles. The van der Waals surface area contributed by atoms with Crippen molar-refractivity contribution < 1.29 is 9.90 Å². The number of piperazine rings is 1. The van der Waals surface area contributed by atoms with Gasteiger partial charge in [0.15, 0.2) is 0 Å². The molecule has 1 saturated heterocycles. The molecule has 138 valence electrons. The van der Waals surface area contributed by atoms with Gasteiger partial charge in [0, 0.05) is 36.9 Å². The zero-order valence-corrected chi connectivity index (χ0v) is 15.6. The fourth-order valence-electron chi connectivity index (χ4n) is 3.78. The minimum atomic E-state index is -0.801. The zero-order valence-electron chi connectivity index (χ0n) is 14.9. The normalized spacial score (nSPS) is 16.4. The first kappa shape index (κ1) is 17.8. The number of carbonyl (C=O) groups is 1. The van der Waals surface area contributed by atoms with Gasteiger partial charge in [0.2, 0.25) is 0 Å². The lowest BCUT2D eigenvalue weighted by molar-refractivity contribution is -0.143. The number of halogens is 1. The van der Waals surface area contributed by atoms with E-state index in [0.29, 0.717) is 13.1 Å². The highest BCUT2D eigenvalue weighted by Crippen LogP contribution is 2.27. The number of hydrogen-bond donors (Lipinski definition) is 1. The van der Waals surface area contributed by atoms with Gasteiger partial charge in [-0.2, -0.15) is 0 Å². The molecule has 1 aliphatic heterocycles. The van der Waals surface area contributed by atoms with Crippen LogP contribution in [0.25, 0.3) is 10.8 Å². The predicted molar refractivity (Wildman–Crippen MR) is 110 cm³/mol. The summed E-state index contributed by atoms with van der Waals surface area (Å²) in [5.74, 6) is -0.801. The molecule has 0 radical (unpaired) electrons. The van der Waals surface area contributed by atoms with Gasteiger partial charge in [0.05, 0.1) is 0 Å². The van der Waals surface area contributed by atoms with E-state index in [4.69, 9.17) is 11.6 Å². The lowest BCUT2D eigenvalue weighted by Crippen LogP contribution is -2.49. The third-order valence-corrected chi connectivity index (χ3v) is 5.45. The van der Waals surface area contributed by atoms with E-state index in [2.05, 4.69) is 9.80 Å². The first-order valence-corrected chi connectivity index (χ1v) is 9.46. The molecule has 0 bridgehead atoms. The Morgan fingerprint density at radius 2 is 1.56 bits per heavy atom. The van der Waals surface area contributed by atoms with E-state index in [-0.39, 0.29) is 0 Å². The van der Waals surface area contributed by atoms with Crippen LogP contribution in [0.15, 0.2) is 66.7 Å². The van der Waals surface area contributed by atoms with Crippen molar-refractivity contribution >= 4 is 34.0 Å². The quantitative estimate of drug-likeness (QED) is 0.726. The Morgan fingerprint density at radius 1 is 0.889 bits per heavy atom. The van der Waals surface area contributed by atoms with E-state index in [1.807, 2.05) is 66.7 Å². The lowest BCUT2D eigenvalue weighted by atomic mass is 10.00. The maximum atomic E-state index is 12.1. The average Bonchev–Trinajstić information content (AvgIpc) is 2.69. The van der Waals surface area contributed by atoms with Crippen LogP contribution < -0.4 is 4.90 Å². The Morgan fingerprint density at radius 3 is 2.22 bits per heavy atom. The third-order valence-electron chi connectivity index (χ3n) is 5.19. The topological polar surface area (TPSA) is 43.8 Å². The first-order chi connectivity index (χ1) is 13.1. The summed E-state index contributed by atoms with van der Waals surface area (Å²) < 4.78 is 0. The standard InChI is InChI=1S/C22H21ClN2O2/c23-19-7-9-20(10-8-19)24-11-13-25(14-12-24)21(22(26)27)18-6-5-16-3-1-2-4-17(16)15-18/h1-10,15,21H,11-14H2,(H,26,27)/t21-/m1/s1. The van der Waals surface area contributed by atoms with Crippen molar-refractivity contribution in [3.05, 3.63) is 77.3 Å². The average molecular weight is 381 g/mol. The Hall–Kier alpha value is -2.56. The molecule has 1 heterocycles.